The number of carbonyl (C=O) groups is 2. The Morgan fingerprint density at radius 1 is 1.27 bits per heavy atom. The highest BCUT2D eigenvalue weighted by Crippen LogP contribution is 2.25. The molecule has 4 rings (SSSR count). The van der Waals surface area contributed by atoms with Crippen LogP contribution in [0.25, 0.3) is 0 Å². The second kappa shape index (κ2) is 7.19. The predicted molar refractivity (Wildman–Crippen MR) is 99.2 cm³/mol. The number of amides is 2. The molecule has 1 atom stereocenters. The zero-order chi connectivity index (χ0) is 18.1. The lowest BCUT2D eigenvalue weighted by molar-refractivity contribution is -0.126. The number of nitrogens with one attached hydrogen (secondary N) is 2. The molecule has 2 aromatic rings. The van der Waals surface area contributed by atoms with Gasteiger partial charge in [0.1, 0.15) is 5.69 Å². The molecule has 1 saturated carbocycles. The highest BCUT2D eigenvalue weighted by Gasteiger charge is 2.30. The molecule has 2 amide bonds. The van der Waals surface area contributed by atoms with Crippen LogP contribution in [0.15, 0.2) is 11.7 Å². The average Bonchev–Trinajstić information content (AvgIpc) is 3.35. The summed E-state index contributed by atoms with van der Waals surface area (Å²) in [4.78, 5) is 33.6. The van der Waals surface area contributed by atoms with Crippen molar-refractivity contribution in [2.24, 2.45) is 5.92 Å². The number of hydrogen-bond donors (Lipinski definition) is 2. The molecule has 0 bridgehead atoms. The zero-order valence-corrected chi connectivity index (χ0v) is 15.6. The lowest BCUT2D eigenvalue weighted by Gasteiger charge is -2.25. The molecular weight excluding hydrogens is 350 g/mol. The molecule has 2 aromatic heterocycles. The Balaban J connectivity index is 1.41. The highest BCUT2D eigenvalue weighted by atomic mass is 32.1. The van der Waals surface area contributed by atoms with Crippen molar-refractivity contribution >= 4 is 28.3 Å². The fraction of sp³-hybridized carbons (Fsp3) is 0.556. The van der Waals surface area contributed by atoms with E-state index >= 15 is 0 Å². The van der Waals surface area contributed by atoms with Crippen LogP contribution in [0.3, 0.4) is 0 Å². The van der Waals surface area contributed by atoms with Crippen LogP contribution in [0.4, 0.5) is 5.13 Å². The first-order valence-electron chi connectivity index (χ1n) is 9.18. The Morgan fingerprint density at radius 2 is 2.08 bits per heavy atom. The summed E-state index contributed by atoms with van der Waals surface area (Å²) in [6, 6.07) is 0.342. The maximum atomic E-state index is 12.5. The first kappa shape index (κ1) is 17.2. The number of rotatable bonds is 4. The van der Waals surface area contributed by atoms with Gasteiger partial charge in [0.15, 0.2) is 5.13 Å². The van der Waals surface area contributed by atoms with Gasteiger partial charge in [-0.1, -0.05) is 12.8 Å². The maximum absolute atomic E-state index is 12.5. The smallest absolute Gasteiger partial charge is 0.277 e. The molecule has 0 aromatic carbocycles. The number of nitrogens with zero attached hydrogens (tertiary/aromatic N) is 3. The normalized spacial score (nSPS) is 20.0. The molecular formula is C18H23N5O2S. The third-order valence-electron chi connectivity index (χ3n) is 5.22. The lowest BCUT2D eigenvalue weighted by atomic mass is 9.95. The molecule has 1 aliphatic heterocycles. The number of anilines is 1. The molecule has 1 aliphatic carbocycles. The number of thiazole rings is 1. The summed E-state index contributed by atoms with van der Waals surface area (Å²) >= 11 is 1.40. The molecule has 8 heteroatoms. The van der Waals surface area contributed by atoms with E-state index in [9.17, 15) is 9.59 Å². The number of aryl methyl sites for hydroxylation is 1. The molecule has 138 valence electrons. The van der Waals surface area contributed by atoms with Crippen molar-refractivity contribution in [1.82, 2.24) is 19.9 Å². The van der Waals surface area contributed by atoms with E-state index in [1.54, 1.807) is 6.33 Å². The molecule has 0 saturated heterocycles. The first-order chi connectivity index (χ1) is 12.6. The van der Waals surface area contributed by atoms with Crippen LogP contribution in [0.5, 0.6) is 0 Å². The SMILES string of the molecule is Cc1csc(NC(=O)c2ncn3c2CCC(C(=O)NC2CCCC2)C3)n1. The molecule has 1 unspecified atom stereocenters. The summed E-state index contributed by atoms with van der Waals surface area (Å²) in [7, 11) is 0. The van der Waals surface area contributed by atoms with E-state index in [0.29, 0.717) is 29.8 Å². The van der Waals surface area contributed by atoms with Gasteiger partial charge in [-0.05, 0) is 32.6 Å². The van der Waals surface area contributed by atoms with Gasteiger partial charge in [0.2, 0.25) is 5.91 Å². The quantitative estimate of drug-likeness (QED) is 0.862. The van der Waals surface area contributed by atoms with Crippen molar-refractivity contribution in [3.05, 3.63) is 28.8 Å². The summed E-state index contributed by atoms with van der Waals surface area (Å²) in [6.45, 7) is 2.48. The number of aromatic nitrogens is 3. The van der Waals surface area contributed by atoms with Gasteiger partial charge in [-0.15, -0.1) is 11.3 Å². The second-order valence-electron chi connectivity index (χ2n) is 7.17. The fourth-order valence-electron chi connectivity index (χ4n) is 3.83. The zero-order valence-electron chi connectivity index (χ0n) is 14.8. The van der Waals surface area contributed by atoms with Gasteiger partial charge in [0.25, 0.3) is 5.91 Å². The lowest BCUT2D eigenvalue weighted by Crippen LogP contribution is -2.40. The largest absolute Gasteiger partial charge is 0.353 e. The van der Waals surface area contributed by atoms with Crippen LogP contribution in [0.2, 0.25) is 0 Å². The summed E-state index contributed by atoms with van der Waals surface area (Å²) < 4.78 is 1.95. The summed E-state index contributed by atoms with van der Waals surface area (Å²) in [6.07, 6.45) is 7.71. The monoisotopic (exact) mass is 373 g/mol. The van der Waals surface area contributed by atoms with Gasteiger partial charge >= 0.3 is 0 Å². The molecule has 1 fully saturated rings. The van der Waals surface area contributed by atoms with E-state index in [-0.39, 0.29) is 17.7 Å². The maximum Gasteiger partial charge on any atom is 0.277 e. The first-order valence-corrected chi connectivity index (χ1v) is 10.1. The van der Waals surface area contributed by atoms with E-state index in [1.165, 1.54) is 24.2 Å². The molecule has 2 aliphatic rings. The number of fused-ring (bicyclic) bond motifs is 1. The van der Waals surface area contributed by atoms with Gasteiger partial charge in [-0.2, -0.15) is 0 Å². The molecule has 26 heavy (non-hydrogen) atoms. The van der Waals surface area contributed by atoms with E-state index in [2.05, 4.69) is 20.6 Å². The van der Waals surface area contributed by atoms with Crippen molar-refractivity contribution in [2.45, 2.75) is 58.0 Å². The second-order valence-corrected chi connectivity index (χ2v) is 8.02. The van der Waals surface area contributed by atoms with Crippen molar-refractivity contribution in [2.75, 3.05) is 5.32 Å². The van der Waals surface area contributed by atoms with Crippen LogP contribution in [0, 0.1) is 12.8 Å². The van der Waals surface area contributed by atoms with Gasteiger partial charge in [-0.3, -0.25) is 14.9 Å². The van der Waals surface area contributed by atoms with Crippen LogP contribution in [-0.4, -0.2) is 32.4 Å². The van der Waals surface area contributed by atoms with Crippen LogP contribution in [-0.2, 0) is 17.8 Å². The van der Waals surface area contributed by atoms with Gasteiger partial charge in [-0.25, -0.2) is 9.97 Å². The van der Waals surface area contributed by atoms with Gasteiger partial charge in [0, 0.05) is 18.0 Å². The number of carbonyl (C=O) groups excluding carboxylic acids is 2. The Bertz CT molecular complexity index is 821. The predicted octanol–water partition coefficient (Wildman–Crippen LogP) is 2.52. The third kappa shape index (κ3) is 3.51. The molecule has 2 N–H and O–H groups in total. The van der Waals surface area contributed by atoms with Gasteiger partial charge < -0.3 is 9.88 Å². The number of imidazole rings is 1. The third-order valence-corrected chi connectivity index (χ3v) is 6.10. The highest BCUT2D eigenvalue weighted by molar-refractivity contribution is 7.13. The minimum Gasteiger partial charge on any atom is -0.353 e. The van der Waals surface area contributed by atoms with Crippen LogP contribution >= 0.6 is 11.3 Å². The van der Waals surface area contributed by atoms with Gasteiger partial charge in [0.05, 0.1) is 23.6 Å². The fourth-order valence-corrected chi connectivity index (χ4v) is 4.51. The van der Waals surface area contributed by atoms with Crippen LogP contribution in [0.1, 0.15) is 54.0 Å². The minimum absolute atomic E-state index is 0.0465. The molecule has 0 radical (unpaired) electrons. The Labute approximate surface area is 156 Å². The van der Waals surface area contributed by atoms with E-state index in [4.69, 9.17) is 0 Å². The van der Waals surface area contributed by atoms with Crippen LogP contribution < -0.4 is 10.6 Å². The topological polar surface area (TPSA) is 88.9 Å². The van der Waals surface area contributed by atoms with E-state index in [1.807, 2.05) is 16.9 Å². The average molecular weight is 373 g/mol. The van der Waals surface area contributed by atoms with Crippen molar-refractivity contribution in [3.63, 3.8) is 0 Å². The molecule has 7 nitrogen and oxygen atoms in total. The molecule has 3 heterocycles. The summed E-state index contributed by atoms with van der Waals surface area (Å²) in [5.41, 5.74) is 2.22. The van der Waals surface area contributed by atoms with Crippen molar-refractivity contribution in [3.8, 4) is 0 Å². The Hall–Kier alpha value is -2.22. The number of hydrogen-bond acceptors (Lipinski definition) is 5. The Kier molecular flexibility index (Phi) is 4.76. The summed E-state index contributed by atoms with van der Waals surface area (Å²) in [5, 5.41) is 8.47. The minimum atomic E-state index is -0.234. The Morgan fingerprint density at radius 3 is 2.81 bits per heavy atom. The standard InChI is InChI=1S/C18H23N5O2S/c1-11-9-26-18(20-11)22-17(25)15-14-7-6-12(8-23(14)10-19-15)16(24)21-13-4-2-3-5-13/h9-10,12-13H,2-8H2,1H3,(H,21,24)(H,20,22,25). The van der Waals surface area contributed by atoms with Crippen molar-refractivity contribution < 1.29 is 9.59 Å². The summed E-state index contributed by atoms with van der Waals surface area (Å²) in [5.74, 6) is -0.141. The van der Waals surface area contributed by atoms with E-state index in [0.717, 1.165) is 30.7 Å². The molecule has 0 spiro atoms. The van der Waals surface area contributed by atoms with Crippen molar-refractivity contribution in [1.29, 1.82) is 0 Å². The van der Waals surface area contributed by atoms with E-state index < -0.39 is 0 Å².